The minimum Gasteiger partial charge on any atom is -0.508 e. The average Bonchev–Trinajstić information content (AvgIpc) is 2.59. The van der Waals surface area contributed by atoms with Crippen molar-refractivity contribution in [1.29, 1.82) is 0 Å². The highest BCUT2D eigenvalue weighted by Crippen LogP contribution is 2.29. The zero-order valence-electron chi connectivity index (χ0n) is 14.4. The maximum atomic E-state index is 10.3. The van der Waals surface area contributed by atoms with E-state index in [1.165, 1.54) is 34.5 Å². The van der Waals surface area contributed by atoms with Gasteiger partial charge in [-0.1, -0.05) is 49.4 Å². The fourth-order valence-electron chi connectivity index (χ4n) is 3.37. The number of aliphatic hydroxyl groups is 1. The summed E-state index contributed by atoms with van der Waals surface area (Å²) in [6, 6.07) is 19.0. The van der Waals surface area contributed by atoms with Gasteiger partial charge in [-0.05, 0) is 59.2 Å². The number of rotatable bonds is 6. The summed E-state index contributed by atoms with van der Waals surface area (Å²) in [5.41, 5.74) is 1.88. The molecule has 0 aliphatic rings. The van der Waals surface area contributed by atoms with Gasteiger partial charge in [-0.3, -0.25) is 0 Å². The maximum Gasteiger partial charge on any atom is 0.119 e. The number of aliphatic hydroxyl groups excluding tert-OH is 1. The van der Waals surface area contributed by atoms with Gasteiger partial charge in [-0.2, -0.15) is 0 Å². The number of benzene rings is 3. The van der Waals surface area contributed by atoms with Crippen LogP contribution in [0.3, 0.4) is 0 Å². The Morgan fingerprint density at radius 3 is 2.28 bits per heavy atom. The summed E-state index contributed by atoms with van der Waals surface area (Å²) >= 11 is 0. The molecule has 0 saturated heterocycles. The molecule has 0 aliphatic heterocycles. The standard InChI is InChI=1S/C22H24O3/c1-15(9-10-22(25)18-12-19(23)14-20(24)13-18)11-17-7-4-6-16-5-2-3-8-21(16)17/h2-8,12-15,22-25H,9-11H2,1H3/t15-,22-/m0/s1. The number of phenols is 2. The van der Waals surface area contributed by atoms with E-state index in [4.69, 9.17) is 0 Å². The number of fused-ring (bicyclic) bond motifs is 1. The molecule has 3 aromatic rings. The quantitative estimate of drug-likeness (QED) is 0.597. The highest BCUT2D eigenvalue weighted by atomic mass is 16.3. The topological polar surface area (TPSA) is 60.7 Å². The van der Waals surface area contributed by atoms with Crippen molar-refractivity contribution >= 4 is 10.8 Å². The summed E-state index contributed by atoms with van der Waals surface area (Å²) in [7, 11) is 0. The van der Waals surface area contributed by atoms with Gasteiger partial charge in [0.05, 0.1) is 6.10 Å². The SMILES string of the molecule is C[C@@H](CC[C@H](O)c1cc(O)cc(O)c1)Cc1cccc2ccccc12. The van der Waals surface area contributed by atoms with Crippen LogP contribution in [0, 0.1) is 5.92 Å². The molecule has 3 nitrogen and oxygen atoms in total. The molecule has 130 valence electrons. The van der Waals surface area contributed by atoms with Crippen LogP contribution >= 0.6 is 0 Å². The van der Waals surface area contributed by atoms with Crippen molar-refractivity contribution in [2.75, 3.05) is 0 Å². The molecular weight excluding hydrogens is 312 g/mol. The second-order valence-electron chi connectivity index (χ2n) is 6.82. The Balaban J connectivity index is 1.63. The van der Waals surface area contributed by atoms with Gasteiger partial charge in [-0.25, -0.2) is 0 Å². The van der Waals surface area contributed by atoms with Crippen LogP contribution in [0.15, 0.2) is 60.7 Å². The molecule has 0 saturated carbocycles. The number of hydrogen-bond acceptors (Lipinski definition) is 3. The molecule has 25 heavy (non-hydrogen) atoms. The van der Waals surface area contributed by atoms with E-state index in [1.807, 2.05) is 0 Å². The van der Waals surface area contributed by atoms with Crippen molar-refractivity contribution in [2.45, 2.75) is 32.3 Å². The second kappa shape index (κ2) is 7.58. The molecule has 0 aromatic heterocycles. The van der Waals surface area contributed by atoms with Crippen LogP contribution in [-0.2, 0) is 6.42 Å². The Morgan fingerprint density at radius 1 is 0.840 bits per heavy atom. The van der Waals surface area contributed by atoms with Crippen molar-refractivity contribution in [3.8, 4) is 11.5 Å². The van der Waals surface area contributed by atoms with E-state index in [2.05, 4.69) is 49.4 Å². The monoisotopic (exact) mass is 336 g/mol. The van der Waals surface area contributed by atoms with Gasteiger partial charge in [0.1, 0.15) is 11.5 Å². The van der Waals surface area contributed by atoms with Crippen LogP contribution in [0.25, 0.3) is 10.8 Å². The zero-order chi connectivity index (χ0) is 17.8. The van der Waals surface area contributed by atoms with E-state index in [1.54, 1.807) is 0 Å². The van der Waals surface area contributed by atoms with Crippen molar-refractivity contribution in [1.82, 2.24) is 0 Å². The molecule has 0 radical (unpaired) electrons. The third-order valence-electron chi connectivity index (χ3n) is 4.69. The first-order valence-corrected chi connectivity index (χ1v) is 8.70. The molecule has 0 spiro atoms. The minimum absolute atomic E-state index is 0.0298. The fourth-order valence-corrected chi connectivity index (χ4v) is 3.37. The van der Waals surface area contributed by atoms with Crippen molar-refractivity contribution in [3.63, 3.8) is 0 Å². The molecule has 3 rings (SSSR count). The lowest BCUT2D eigenvalue weighted by atomic mass is 9.91. The summed E-state index contributed by atoms with van der Waals surface area (Å²) < 4.78 is 0. The first-order valence-electron chi connectivity index (χ1n) is 8.70. The Bertz CT molecular complexity index is 831. The van der Waals surface area contributed by atoms with Crippen LogP contribution in [-0.4, -0.2) is 15.3 Å². The molecule has 2 atom stereocenters. The van der Waals surface area contributed by atoms with Gasteiger partial charge in [0, 0.05) is 6.07 Å². The lowest BCUT2D eigenvalue weighted by Crippen LogP contribution is -2.05. The molecule has 0 unspecified atom stereocenters. The van der Waals surface area contributed by atoms with Gasteiger partial charge < -0.3 is 15.3 Å². The van der Waals surface area contributed by atoms with Gasteiger partial charge in [0.25, 0.3) is 0 Å². The fraction of sp³-hybridized carbons (Fsp3) is 0.273. The lowest BCUT2D eigenvalue weighted by molar-refractivity contribution is 0.157. The molecule has 0 amide bonds. The minimum atomic E-state index is -0.687. The normalized spacial score (nSPS) is 13.7. The number of phenolic OH excluding ortho intramolecular Hbond substituents is 2. The Morgan fingerprint density at radius 2 is 1.52 bits per heavy atom. The van der Waals surface area contributed by atoms with E-state index in [0.717, 1.165) is 12.8 Å². The van der Waals surface area contributed by atoms with Gasteiger partial charge in [0.15, 0.2) is 0 Å². The Labute approximate surface area is 148 Å². The first-order chi connectivity index (χ1) is 12.0. The highest BCUT2D eigenvalue weighted by Gasteiger charge is 2.13. The van der Waals surface area contributed by atoms with Gasteiger partial charge in [-0.15, -0.1) is 0 Å². The maximum absolute atomic E-state index is 10.3. The predicted molar refractivity (Wildman–Crippen MR) is 101 cm³/mol. The first kappa shape index (κ1) is 17.3. The Kier molecular flexibility index (Phi) is 5.25. The zero-order valence-corrected chi connectivity index (χ0v) is 14.4. The molecule has 0 fully saturated rings. The summed E-state index contributed by atoms with van der Waals surface area (Å²) in [6.45, 7) is 2.19. The summed E-state index contributed by atoms with van der Waals surface area (Å²) in [5.74, 6) is 0.363. The Hall–Kier alpha value is -2.52. The summed E-state index contributed by atoms with van der Waals surface area (Å²) in [4.78, 5) is 0. The number of aromatic hydroxyl groups is 2. The molecule has 0 bridgehead atoms. The van der Waals surface area contributed by atoms with Crippen molar-refractivity contribution < 1.29 is 15.3 Å². The molecule has 0 heterocycles. The van der Waals surface area contributed by atoms with E-state index >= 15 is 0 Å². The highest BCUT2D eigenvalue weighted by molar-refractivity contribution is 5.85. The second-order valence-corrected chi connectivity index (χ2v) is 6.82. The van der Waals surface area contributed by atoms with Crippen LogP contribution in [0.5, 0.6) is 11.5 Å². The van der Waals surface area contributed by atoms with E-state index < -0.39 is 6.10 Å². The molecule has 3 aromatic carbocycles. The summed E-state index contributed by atoms with van der Waals surface area (Å²) in [5, 5.41) is 32.0. The lowest BCUT2D eigenvalue weighted by Gasteiger charge is -2.17. The van der Waals surface area contributed by atoms with Crippen LogP contribution in [0.1, 0.15) is 37.0 Å². The molecule has 3 N–H and O–H groups in total. The third kappa shape index (κ3) is 4.31. The van der Waals surface area contributed by atoms with Gasteiger partial charge >= 0.3 is 0 Å². The predicted octanol–water partition coefficient (Wildman–Crippen LogP) is 4.94. The molecular formula is C22H24O3. The summed E-state index contributed by atoms with van der Waals surface area (Å²) in [6.07, 6.45) is 1.72. The van der Waals surface area contributed by atoms with E-state index in [-0.39, 0.29) is 11.5 Å². The molecule has 0 aliphatic carbocycles. The van der Waals surface area contributed by atoms with Gasteiger partial charge in [0.2, 0.25) is 0 Å². The largest absolute Gasteiger partial charge is 0.508 e. The van der Waals surface area contributed by atoms with E-state index in [0.29, 0.717) is 17.9 Å². The van der Waals surface area contributed by atoms with E-state index in [9.17, 15) is 15.3 Å². The molecule has 3 heteroatoms. The average molecular weight is 336 g/mol. The van der Waals surface area contributed by atoms with Crippen LogP contribution in [0.2, 0.25) is 0 Å². The van der Waals surface area contributed by atoms with Crippen LogP contribution in [0.4, 0.5) is 0 Å². The number of hydrogen-bond donors (Lipinski definition) is 3. The smallest absolute Gasteiger partial charge is 0.119 e. The third-order valence-corrected chi connectivity index (χ3v) is 4.69. The van der Waals surface area contributed by atoms with Crippen LogP contribution < -0.4 is 0 Å². The van der Waals surface area contributed by atoms with Crippen molar-refractivity contribution in [2.24, 2.45) is 5.92 Å². The van der Waals surface area contributed by atoms with Crippen molar-refractivity contribution in [3.05, 3.63) is 71.8 Å².